The number of carbonyl (C=O) groups excluding carboxylic acids is 1. The highest BCUT2D eigenvalue weighted by molar-refractivity contribution is 5.98. The number of anilines is 1. The molecule has 32 heavy (non-hydrogen) atoms. The molecule has 4 rings (SSSR count). The largest absolute Gasteiger partial charge is 0.507 e. The van der Waals surface area contributed by atoms with Crippen molar-refractivity contribution in [3.05, 3.63) is 58.7 Å². The minimum Gasteiger partial charge on any atom is -0.507 e. The zero-order valence-electron chi connectivity index (χ0n) is 19.4. The highest BCUT2D eigenvalue weighted by Crippen LogP contribution is 2.38. The van der Waals surface area contributed by atoms with Crippen LogP contribution >= 0.6 is 0 Å². The van der Waals surface area contributed by atoms with Crippen LogP contribution in [0.1, 0.15) is 54.4 Å². The molecule has 1 amide bonds. The molecule has 2 aliphatic heterocycles. The van der Waals surface area contributed by atoms with Gasteiger partial charge in [-0.3, -0.25) is 4.79 Å². The van der Waals surface area contributed by atoms with Gasteiger partial charge in [-0.15, -0.1) is 0 Å². The number of aromatic hydroxyl groups is 1. The smallest absolute Gasteiger partial charge is 0.222 e. The van der Waals surface area contributed by atoms with Crippen molar-refractivity contribution in [2.45, 2.75) is 52.5 Å². The van der Waals surface area contributed by atoms with Crippen molar-refractivity contribution in [1.82, 2.24) is 10.2 Å². The zero-order valence-corrected chi connectivity index (χ0v) is 19.4. The third-order valence-electron chi connectivity index (χ3n) is 6.54. The normalized spacial score (nSPS) is 18.4. The van der Waals surface area contributed by atoms with Crippen LogP contribution in [0.25, 0.3) is 0 Å². The van der Waals surface area contributed by atoms with E-state index in [4.69, 9.17) is 4.99 Å². The maximum atomic E-state index is 12.0. The van der Waals surface area contributed by atoms with E-state index in [1.54, 1.807) is 0 Å². The average Bonchev–Trinajstić information content (AvgIpc) is 3.36. The van der Waals surface area contributed by atoms with E-state index < -0.39 is 0 Å². The van der Waals surface area contributed by atoms with Crippen LogP contribution in [-0.4, -0.2) is 48.1 Å². The summed E-state index contributed by atoms with van der Waals surface area (Å²) in [5.41, 5.74) is 5.38. The summed E-state index contributed by atoms with van der Waals surface area (Å²) in [6, 6.07) is 12.6. The molecule has 0 saturated carbocycles. The molecule has 0 spiro atoms. The fraction of sp³-hybridized carbons (Fsp3) is 0.462. The van der Waals surface area contributed by atoms with Gasteiger partial charge in [-0.2, -0.15) is 0 Å². The van der Waals surface area contributed by atoms with Gasteiger partial charge in [0.05, 0.1) is 6.54 Å². The number of hydrogen-bond donors (Lipinski definition) is 2. The number of guanidine groups is 1. The molecule has 6 nitrogen and oxygen atoms in total. The SMILES string of the molecule is CCNC(=NCc1cc(C)c(O)c(C)c1)N1CC(CCN2CCCC2=O)c2ccccc21. The highest BCUT2D eigenvalue weighted by atomic mass is 16.3. The summed E-state index contributed by atoms with van der Waals surface area (Å²) in [5.74, 6) is 1.91. The Bertz CT molecular complexity index is 994. The van der Waals surface area contributed by atoms with Crippen LogP contribution in [0.2, 0.25) is 0 Å². The van der Waals surface area contributed by atoms with Crippen LogP contribution in [-0.2, 0) is 11.3 Å². The van der Waals surface area contributed by atoms with Gasteiger partial charge in [0.25, 0.3) is 0 Å². The summed E-state index contributed by atoms with van der Waals surface area (Å²) in [6.07, 6.45) is 2.65. The molecule has 0 bridgehead atoms. The number of nitrogens with zero attached hydrogens (tertiary/aromatic N) is 3. The molecule has 170 valence electrons. The van der Waals surface area contributed by atoms with E-state index in [1.165, 1.54) is 11.3 Å². The molecule has 2 aromatic rings. The number of amides is 1. The second-order valence-electron chi connectivity index (χ2n) is 8.89. The first-order valence-corrected chi connectivity index (χ1v) is 11.7. The van der Waals surface area contributed by atoms with Crippen molar-refractivity contribution in [3.63, 3.8) is 0 Å². The third-order valence-corrected chi connectivity index (χ3v) is 6.54. The molecule has 1 fully saturated rings. The molecule has 2 aliphatic rings. The van der Waals surface area contributed by atoms with E-state index in [1.807, 2.05) is 30.9 Å². The fourth-order valence-corrected chi connectivity index (χ4v) is 4.89. The van der Waals surface area contributed by atoms with Crippen molar-refractivity contribution in [1.29, 1.82) is 0 Å². The van der Waals surface area contributed by atoms with E-state index in [2.05, 4.69) is 41.4 Å². The number of phenols is 1. The van der Waals surface area contributed by atoms with Gasteiger partial charge >= 0.3 is 0 Å². The Morgan fingerprint density at radius 2 is 1.97 bits per heavy atom. The lowest BCUT2D eigenvalue weighted by atomic mass is 9.98. The summed E-state index contributed by atoms with van der Waals surface area (Å²) >= 11 is 0. The number of carbonyl (C=O) groups is 1. The number of hydrogen-bond acceptors (Lipinski definition) is 3. The summed E-state index contributed by atoms with van der Waals surface area (Å²) in [7, 11) is 0. The van der Waals surface area contributed by atoms with Crippen LogP contribution in [0.4, 0.5) is 5.69 Å². The predicted molar refractivity (Wildman–Crippen MR) is 129 cm³/mol. The Balaban J connectivity index is 1.54. The van der Waals surface area contributed by atoms with Crippen LogP contribution in [0.3, 0.4) is 0 Å². The van der Waals surface area contributed by atoms with Crippen LogP contribution in [0.15, 0.2) is 41.4 Å². The topological polar surface area (TPSA) is 68.2 Å². The second kappa shape index (κ2) is 9.63. The zero-order chi connectivity index (χ0) is 22.7. The lowest BCUT2D eigenvalue weighted by Crippen LogP contribution is -2.41. The van der Waals surface area contributed by atoms with Crippen molar-refractivity contribution >= 4 is 17.6 Å². The maximum absolute atomic E-state index is 12.0. The number of benzene rings is 2. The molecule has 0 radical (unpaired) electrons. The number of nitrogens with one attached hydrogen (secondary N) is 1. The Morgan fingerprint density at radius 3 is 2.66 bits per heavy atom. The van der Waals surface area contributed by atoms with Crippen molar-refractivity contribution < 1.29 is 9.90 Å². The summed E-state index contributed by atoms with van der Waals surface area (Å²) < 4.78 is 0. The van der Waals surface area contributed by atoms with Crippen LogP contribution in [0, 0.1) is 13.8 Å². The first-order valence-electron chi connectivity index (χ1n) is 11.7. The molecule has 0 aromatic heterocycles. The van der Waals surface area contributed by atoms with E-state index in [9.17, 15) is 9.90 Å². The number of para-hydroxylation sites is 1. The Labute approximate surface area is 191 Å². The van der Waals surface area contributed by atoms with Gasteiger partial charge in [-0.05, 0) is 61.9 Å². The minimum absolute atomic E-state index is 0.294. The molecular formula is C26H34N4O2. The first-order chi connectivity index (χ1) is 15.5. The lowest BCUT2D eigenvalue weighted by Gasteiger charge is -2.23. The van der Waals surface area contributed by atoms with Gasteiger partial charge < -0.3 is 20.2 Å². The first kappa shape index (κ1) is 22.2. The molecule has 2 N–H and O–H groups in total. The quantitative estimate of drug-likeness (QED) is 0.531. The van der Waals surface area contributed by atoms with Crippen molar-refractivity contribution in [2.75, 3.05) is 31.1 Å². The molecule has 6 heteroatoms. The number of aryl methyl sites for hydroxylation is 2. The van der Waals surface area contributed by atoms with E-state index in [-0.39, 0.29) is 0 Å². The molecular weight excluding hydrogens is 400 g/mol. The highest BCUT2D eigenvalue weighted by Gasteiger charge is 2.32. The standard InChI is InChI=1S/C26H34N4O2/c1-4-27-26(28-16-20-14-18(2)25(32)19(3)15-20)30-17-21(22-8-5-6-9-23(22)30)11-13-29-12-7-10-24(29)31/h5-6,8-9,14-15,21,32H,4,7,10-13,16-17H2,1-3H3,(H,27,28). The Hall–Kier alpha value is -3.02. The van der Waals surface area contributed by atoms with Crippen LogP contribution < -0.4 is 10.2 Å². The molecule has 1 atom stereocenters. The Kier molecular flexibility index (Phi) is 6.68. The van der Waals surface area contributed by atoms with Gasteiger partial charge in [-0.1, -0.05) is 30.3 Å². The van der Waals surface area contributed by atoms with Crippen molar-refractivity contribution in [3.8, 4) is 5.75 Å². The number of rotatable bonds is 6. The summed E-state index contributed by atoms with van der Waals surface area (Å²) in [5, 5.41) is 13.5. The second-order valence-corrected chi connectivity index (χ2v) is 8.89. The van der Waals surface area contributed by atoms with Crippen LogP contribution in [0.5, 0.6) is 5.75 Å². The number of aliphatic imine (C=N–C) groups is 1. The van der Waals surface area contributed by atoms with E-state index >= 15 is 0 Å². The van der Waals surface area contributed by atoms with Gasteiger partial charge in [-0.25, -0.2) is 4.99 Å². The summed E-state index contributed by atoms with van der Waals surface area (Å²) in [4.78, 5) is 21.3. The molecule has 1 saturated heterocycles. The molecule has 2 aromatic carbocycles. The monoisotopic (exact) mass is 434 g/mol. The minimum atomic E-state index is 0.294. The van der Waals surface area contributed by atoms with Gasteiger partial charge in [0.2, 0.25) is 5.91 Å². The predicted octanol–water partition coefficient (Wildman–Crippen LogP) is 4.09. The van der Waals surface area contributed by atoms with Gasteiger partial charge in [0.1, 0.15) is 5.75 Å². The number of fused-ring (bicyclic) bond motifs is 1. The molecule has 2 heterocycles. The molecule has 0 aliphatic carbocycles. The van der Waals surface area contributed by atoms with Crippen molar-refractivity contribution in [2.24, 2.45) is 4.99 Å². The third kappa shape index (κ3) is 4.59. The fourth-order valence-electron chi connectivity index (χ4n) is 4.89. The van der Waals surface area contributed by atoms with E-state index in [0.29, 0.717) is 30.5 Å². The summed E-state index contributed by atoms with van der Waals surface area (Å²) in [6.45, 7) is 9.86. The molecule has 1 unspecified atom stereocenters. The van der Waals surface area contributed by atoms with Gasteiger partial charge in [0, 0.05) is 44.2 Å². The number of likely N-dealkylation sites (tertiary alicyclic amines) is 1. The van der Waals surface area contributed by atoms with E-state index in [0.717, 1.165) is 61.7 Å². The van der Waals surface area contributed by atoms with Gasteiger partial charge in [0.15, 0.2) is 5.96 Å². The average molecular weight is 435 g/mol. The maximum Gasteiger partial charge on any atom is 0.222 e. The number of phenolic OH excluding ortho intramolecular Hbond substituents is 1. The lowest BCUT2D eigenvalue weighted by molar-refractivity contribution is -0.127. The Morgan fingerprint density at radius 1 is 1.22 bits per heavy atom.